The predicted octanol–water partition coefficient (Wildman–Crippen LogP) is -0.234. The second-order valence-electron chi connectivity index (χ2n) is 9.41. The van der Waals surface area contributed by atoms with E-state index >= 15 is 0 Å². The van der Waals surface area contributed by atoms with Gasteiger partial charge in [0.05, 0.1) is 18.7 Å². The number of nitrogens with zero attached hydrogens (tertiary/aromatic N) is 1. The first-order valence-corrected chi connectivity index (χ1v) is 11.2. The van der Waals surface area contributed by atoms with Crippen LogP contribution in [0.1, 0.15) is 23.1 Å². The summed E-state index contributed by atoms with van der Waals surface area (Å²) >= 11 is 0. The molecular formula is C25H27N3O8. The summed E-state index contributed by atoms with van der Waals surface area (Å²) in [6, 6.07) is 2.09. The molecule has 0 bridgehead atoms. The van der Waals surface area contributed by atoms with Crippen LogP contribution in [0.15, 0.2) is 35.1 Å². The fraction of sp³-hybridized carbons (Fsp3) is 0.360. The van der Waals surface area contributed by atoms with Gasteiger partial charge in [-0.3, -0.25) is 24.1 Å². The van der Waals surface area contributed by atoms with E-state index in [1.54, 1.807) is 26.2 Å². The molecule has 0 heterocycles. The Bertz CT molecular complexity index is 1310. The Balaban J connectivity index is 1.98. The first-order chi connectivity index (χ1) is 16.9. The maximum absolute atomic E-state index is 13.8. The summed E-state index contributed by atoms with van der Waals surface area (Å²) in [5.74, 6) is -6.88. The summed E-state index contributed by atoms with van der Waals surface area (Å²) in [5.41, 5.74) is 8.25. The first-order valence-electron chi connectivity index (χ1n) is 11.2. The number of aliphatic hydroxyl groups is 3. The number of benzene rings is 1. The van der Waals surface area contributed by atoms with Gasteiger partial charge < -0.3 is 31.5 Å². The maximum Gasteiger partial charge on any atom is 0.255 e. The second kappa shape index (κ2) is 8.61. The molecule has 11 nitrogen and oxygen atoms in total. The number of nitrogens with two attached hydrogens (primary N) is 2. The van der Waals surface area contributed by atoms with Crippen LogP contribution in [-0.4, -0.2) is 76.4 Å². The molecule has 0 unspecified atom stereocenters. The van der Waals surface area contributed by atoms with Crippen molar-refractivity contribution in [3.63, 3.8) is 0 Å². The smallest absolute Gasteiger partial charge is 0.255 e. The van der Waals surface area contributed by atoms with Crippen molar-refractivity contribution < 1.29 is 39.2 Å². The normalized spacial score (nSPS) is 27.8. The fourth-order valence-corrected chi connectivity index (χ4v) is 5.75. The standard InChI is InChI=1S/C25H27N3O8/c1-28(2)19-13-9-11-8-12-10(5-7-15(26)29)4-6-14(36-3)17(12)20(30)16(11)22(32)25(13,35)23(33)18(21(19)31)24(27)34/h4-7,11,13,19,30,33,35H,8-9H2,1-3H3,(H2,26,29)(H2,27,34)/t11-,13-,19-,25-/m0/s1. The number of hydrogen-bond acceptors (Lipinski definition) is 9. The number of primary amides is 2. The summed E-state index contributed by atoms with van der Waals surface area (Å²) in [6.07, 6.45) is 2.87. The number of carbonyl (C=O) groups is 4. The van der Waals surface area contributed by atoms with Crippen molar-refractivity contribution in [2.45, 2.75) is 24.5 Å². The third-order valence-corrected chi connectivity index (χ3v) is 7.27. The lowest BCUT2D eigenvalue weighted by molar-refractivity contribution is -0.153. The Hall–Kier alpha value is -3.96. The zero-order valence-corrected chi connectivity index (χ0v) is 19.9. The van der Waals surface area contributed by atoms with Crippen molar-refractivity contribution in [3.05, 3.63) is 51.8 Å². The van der Waals surface area contributed by atoms with Crippen LogP contribution in [0.2, 0.25) is 0 Å². The summed E-state index contributed by atoms with van der Waals surface area (Å²) in [6.45, 7) is 0. The molecule has 7 N–H and O–H groups in total. The molecule has 1 aromatic rings. The average Bonchev–Trinajstić information content (AvgIpc) is 2.79. The molecule has 2 amide bonds. The molecule has 3 aliphatic carbocycles. The van der Waals surface area contributed by atoms with Crippen LogP contribution in [0.4, 0.5) is 0 Å². The molecule has 0 radical (unpaired) electrons. The molecular weight excluding hydrogens is 470 g/mol. The Morgan fingerprint density at radius 1 is 1.19 bits per heavy atom. The minimum Gasteiger partial charge on any atom is -0.508 e. The minimum atomic E-state index is -2.65. The highest BCUT2D eigenvalue weighted by atomic mass is 16.5. The second-order valence-corrected chi connectivity index (χ2v) is 9.41. The quantitative estimate of drug-likeness (QED) is 0.270. The number of ketones is 2. The number of rotatable bonds is 5. The highest BCUT2D eigenvalue weighted by molar-refractivity contribution is 6.24. The zero-order valence-electron chi connectivity index (χ0n) is 19.9. The van der Waals surface area contributed by atoms with Crippen LogP contribution in [-0.2, 0) is 25.6 Å². The third kappa shape index (κ3) is 3.42. The molecule has 0 saturated heterocycles. The number of hydrogen-bond donors (Lipinski definition) is 5. The monoisotopic (exact) mass is 497 g/mol. The highest BCUT2D eigenvalue weighted by Crippen LogP contribution is 2.53. The van der Waals surface area contributed by atoms with Crippen LogP contribution >= 0.6 is 0 Å². The Morgan fingerprint density at radius 2 is 1.86 bits per heavy atom. The molecule has 3 aliphatic rings. The predicted molar refractivity (Wildman–Crippen MR) is 127 cm³/mol. The number of methoxy groups -OCH3 is 1. The zero-order chi connectivity index (χ0) is 26.7. The average molecular weight is 498 g/mol. The SMILES string of the molecule is COc1ccc(C=CC(N)=O)c2c1C(O)=C1C(=O)[C@]3(O)C(O)=C(C(N)=O)C(=O)[C@@H](N(C)C)[C@@H]3C[C@@H]1C2. The van der Waals surface area contributed by atoms with E-state index in [1.807, 2.05) is 0 Å². The van der Waals surface area contributed by atoms with Gasteiger partial charge in [-0.15, -0.1) is 0 Å². The van der Waals surface area contributed by atoms with Crippen LogP contribution in [0.3, 0.4) is 0 Å². The van der Waals surface area contributed by atoms with Crippen molar-refractivity contribution in [3.8, 4) is 5.75 Å². The number of likely N-dealkylation sites (N-methyl/N-ethyl adjacent to an activating group) is 1. The van der Waals surface area contributed by atoms with Gasteiger partial charge >= 0.3 is 0 Å². The van der Waals surface area contributed by atoms with Gasteiger partial charge in [-0.2, -0.15) is 0 Å². The van der Waals surface area contributed by atoms with Crippen molar-refractivity contribution in [2.24, 2.45) is 23.3 Å². The molecule has 1 aromatic carbocycles. The van der Waals surface area contributed by atoms with Crippen molar-refractivity contribution in [2.75, 3.05) is 21.2 Å². The van der Waals surface area contributed by atoms with Gasteiger partial charge in [0, 0.05) is 17.6 Å². The Labute approximate surface area is 206 Å². The van der Waals surface area contributed by atoms with Crippen LogP contribution in [0.25, 0.3) is 11.8 Å². The number of fused-ring (bicyclic) bond motifs is 3. The van der Waals surface area contributed by atoms with E-state index < -0.39 is 64.0 Å². The van der Waals surface area contributed by atoms with Gasteiger partial charge in [-0.25, -0.2) is 0 Å². The molecule has 1 fully saturated rings. The van der Waals surface area contributed by atoms with Crippen molar-refractivity contribution in [1.29, 1.82) is 0 Å². The molecule has 190 valence electrons. The van der Waals surface area contributed by atoms with Gasteiger partial charge in [0.2, 0.25) is 11.7 Å². The number of aliphatic hydroxyl groups excluding tert-OH is 2. The highest BCUT2D eigenvalue weighted by Gasteiger charge is 2.64. The maximum atomic E-state index is 13.8. The van der Waals surface area contributed by atoms with E-state index in [1.165, 1.54) is 24.2 Å². The molecule has 4 atom stereocenters. The topological polar surface area (TPSA) is 193 Å². The summed E-state index contributed by atoms with van der Waals surface area (Å²) in [5, 5.41) is 33.8. The third-order valence-electron chi connectivity index (χ3n) is 7.27. The lowest BCUT2D eigenvalue weighted by Crippen LogP contribution is -2.65. The van der Waals surface area contributed by atoms with E-state index in [2.05, 4.69) is 0 Å². The van der Waals surface area contributed by atoms with Crippen LogP contribution in [0.5, 0.6) is 5.75 Å². The van der Waals surface area contributed by atoms with Crippen molar-refractivity contribution >= 4 is 35.2 Å². The Morgan fingerprint density at radius 3 is 2.42 bits per heavy atom. The number of amides is 2. The first kappa shape index (κ1) is 25.1. The van der Waals surface area contributed by atoms with Gasteiger partial charge in [0.25, 0.3) is 5.91 Å². The van der Waals surface area contributed by atoms with Gasteiger partial charge in [-0.1, -0.05) is 6.07 Å². The van der Waals surface area contributed by atoms with E-state index in [0.717, 1.165) is 0 Å². The molecule has 0 spiro atoms. The van der Waals surface area contributed by atoms with Crippen LogP contribution < -0.4 is 16.2 Å². The minimum absolute atomic E-state index is 0.0158. The molecule has 0 aromatic heterocycles. The van der Waals surface area contributed by atoms with Gasteiger partial charge in [0.15, 0.2) is 11.4 Å². The van der Waals surface area contributed by atoms with E-state index in [0.29, 0.717) is 11.1 Å². The largest absolute Gasteiger partial charge is 0.508 e. The number of ether oxygens (including phenoxy) is 1. The lowest BCUT2D eigenvalue weighted by Gasteiger charge is -2.50. The van der Waals surface area contributed by atoms with Gasteiger partial charge in [-0.05, 0) is 56.1 Å². The van der Waals surface area contributed by atoms with E-state index in [9.17, 15) is 34.5 Å². The summed E-state index contributed by atoms with van der Waals surface area (Å²) in [4.78, 5) is 51.7. The number of Topliss-reactive ketones (excluding diaryl/α,β-unsaturated/α-hetero) is 2. The van der Waals surface area contributed by atoms with Crippen molar-refractivity contribution in [1.82, 2.24) is 4.90 Å². The molecule has 11 heteroatoms. The lowest BCUT2D eigenvalue weighted by atomic mass is 9.57. The summed E-state index contributed by atoms with van der Waals surface area (Å²) < 4.78 is 5.39. The van der Waals surface area contributed by atoms with E-state index in [-0.39, 0.29) is 29.7 Å². The molecule has 4 rings (SSSR count). The number of carbonyl (C=O) groups excluding carboxylic acids is 4. The molecule has 1 saturated carbocycles. The molecule has 0 aliphatic heterocycles. The Kier molecular flexibility index (Phi) is 6.01. The van der Waals surface area contributed by atoms with E-state index in [4.69, 9.17) is 16.2 Å². The molecule has 36 heavy (non-hydrogen) atoms. The summed E-state index contributed by atoms with van der Waals surface area (Å²) in [7, 11) is 4.48. The fourth-order valence-electron chi connectivity index (χ4n) is 5.75. The van der Waals surface area contributed by atoms with Crippen LogP contribution in [0, 0.1) is 11.8 Å². The van der Waals surface area contributed by atoms with Gasteiger partial charge in [0.1, 0.15) is 22.8 Å².